The van der Waals surface area contributed by atoms with Crippen molar-refractivity contribution in [1.82, 2.24) is 0 Å². The fourth-order valence-corrected chi connectivity index (χ4v) is 2.64. The molecule has 0 spiro atoms. The third kappa shape index (κ3) is 2.82. The topological polar surface area (TPSA) is 0 Å². The Hall–Kier alpha value is -0.340. The van der Waals surface area contributed by atoms with Crippen LogP contribution in [0.25, 0.3) is 6.08 Å². The molecular formula is C11H14S2. The molecule has 13 heavy (non-hydrogen) atoms. The second-order valence-electron chi connectivity index (χ2n) is 2.61. The molecule has 1 rings (SSSR count). The van der Waals surface area contributed by atoms with Crippen molar-refractivity contribution in [2.24, 2.45) is 0 Å². The molecule has 1 aromatic carbocycles. The van der Waals surface area contributed by atoms with Gasteiger partial charge in [0, 0.05) is 9.79 Å². The minimum Gasteiger partial charge on any atom is -0.128 e. The lowest BCUT2D eigenvalue weighted by Crippen LogP contribution is -1.79. The lowest BCUT2D eigenvalue weighted by molar-refractivity contribution is 1.25. The van der Waals surface area contributed by atoms with Crippen LogP contribution in [0.5, 0.6) is 0 Å². The van der Waals surface area contributed by atoms with Crippen molar-refractivity contribution < 1.29 is 0 Å². The Morgan fingerprint density at radius 3 is 2.31 bits per heavy atom. The maximum Gasteiger partial charge on any atom is 0.0211 e. The van der Waals surface area contributed by atoms with Gasteiger partial charge >= 0.3 is 0 Å². The second-order valence-corrected chi connectivity index (χ2v) is 4.31. The van der Waals surface area contributed by atoms with E-state index in [0.29, 0.717) is 0 Å². The molecule has 0 aliphatic heterocycles. The lowest BCUT2D eigenvalue weighted by atomic mass is 10.2. The fourth-order valence-electron chi connectivity index (χ4n) is 1.15. The van der Waals surface area contributed by atoms with Gasteiger partial charge in [-0.3, -0.25) is 0 Å². The van der Waals surface area contributed by atoms with Crippen molar-refractivity contribution in [3.63, 3.8) is 0 Å². The van der Waals surface area contributed by atoms with Gasteiger partial charge in [-0.15, -0.1) is 23.5 Å². The van der Waals surface area contributed by atoms with Crippen molar-refractivity contribution in [1.29, 1.82) is 0 Å². The van der Waals surface area contributed by atoms with Crippen LogP contribution in [0.15, 0.2) is 34.1 Å². The Labute approximate surface area is 88.8 Å². The first-order valence-electron chi connectivity index (χ1n) is 4.16. The molecule has 0 nitrogen and oxygen atoms in total. The molecule has 0 atom stereocenters. The molecule has 0 heterocycles. The third-order valence-electron chi connectivity index (χ3n) is 1.77. The summed E-state index contributed by atoms with van der Waals surface area (Å²) in [6, 6.07) is 6.58. The molecule has 0 N–H and O–H groups in total. The van der Waals surface area contributed by atoms with E-state index in [2.05, 4.69) is 42.9 Å². The van der Waals surface area contributed by atoms with Crippen LogP contribution in [0.1, 0.15) is 12.5 Å². The van der Waals surface area contributed by atoms with Gasteiger partial charge in [0.15, 0.2) is 0 Å². The zero-order chi connectivity index (χ0) is 9.68. The van der Waals surface area contributed by atoms with Crippen molar-refractivity contribution in [3.8, 4) is 0 Å². The molecule has 0 fully saturated rings. The molecule has 1 aromatic rings. The second kappa shape index (κ2) is 5.40. The Morgan fingerprint density at radius 1 is 1.08 bits per heavy atom. The van der Waals surface area contributed by atoms with Crippen molar-refractivity contribution >= 4 is 29.6 Å². The van der Waals surface area contributed by atoms with Gasteiger partial charge < -0.3 is 0 Å². The minimum absolute atomic E-state index is 1.28. The van der Waals surface area contributed by atoms with Gasteiger partial charge in [0.25, 0.3) is 0 Å². The van der Waals surface area contributed by atoms with Gasteiger partial charge in [-0.25, -0.2) is 0 Å². The smallest absolute Gasteiger partial charge is 0.0211 e. The van der Waals surface area contributed by atoms with E-state index in [-0.39, 0.29) is 0 Å². The van der Waals surface area contributed by atoms with Crippen LogP contribution in [0.3, 0.4) is 0 Å². The first-order chi connectivity index (χ1) is 6.31. The summed E-state index contributed by atoms with van der Waals surface area (Å²) < 4.78 is 0. The van der Waals surface area contributed by atoms with Gasteiger partial charge in [-0.1, -0.05) is 18.2 Å². The lowest BCUT2D eigenvalue weighted by Gasteiger charge is -2.04. The van der Waals surface area contributed by atoms with Gasteiger partial charge in [-0.2, -0.15) is 0 Å². The first kappa shape index (κ1) is 10.7. The van der Waals surface area contributed by atoms with E-state index in [1.54, 1.807) is 23.5 Å². The van der Waals surface area contributed by atoms with Crippen LogP contribution in [-0.2, 0) is 0 Å². The molecule has 2 heteroatoms. The summed E-state index contributed by atoms with van der Waals surface area (Å²) in [6.07, 6.45) is 8.43. The third-order valence-corrected chi connectivity index (χ3v) is 3.47. The molecule has 0 aromatic heterocycles. The average Bonchev–Trinajstić information content (AvgIpc) is 2.18. The molecule has 0 unspecified atom stereocenters. The SMILES string of the molecule is CC=Cc1ccc(SC)c(SC)c1. The molecule has 70 valence electrons. The Bertz CT molecular complexity index is 303. The van der Waals surface area contributed by atoms with Crippen LogP contribution in [0.2, 0.25) is 0 Å². The van der Waals surface area contributed by atoms with Crippen LogP contribution < -0.4 is 0 Å². The van der Waals surface area contributed by atoms with Crippen molar-refractivity contribution in [3.05, 3.63) is 29.8 Å². The maximum atomic E-state index is 2.23. The van der Waals surface area contributed by atoms with Crippen LogP contribution in [-0.4, -0.2) is 12.5 Å². The number of hydrogen-bond donors (Lipinski definition) is 0. The monoisotopic (exact) mass is 210 g/mol. The summed E-state index contributed by atoms with van der Waals surface area (Å²) in [4.78, 5) is 2.73. The number of allylic oxidation sites excluding steroid dienone is 1. The summed E-state index contributed by atoms with van der Waals surface area (Å²) in [5.41, 5.74) is 1.28. The molecule has 0 saturated carbocycles. The molecule has 0 radical (unpaired) electrons. The highest BCUT2D eigenvalue weighted by Gasteiger charge is 1.99. The summed E-state index contributed by atoms with van der Waals surface area (Å²) in [7, 11) is 0. The van der Waals surface area contributed by atoms with E-state index in [1.165, 1.54) is 15.4 Å². The van der Waals surface area contributed by atoms with E-state index >= 15 is 0 Å². The van der Waals surface area contributed by atoms with Crippen LogP contribution in [0, 0.1) is 0 Å². The quantitative estimate of drug-likeness (QED) is 0.687. The number of rotatable bonds is 3. The standard InChI is InChI=1S/C11H14S2/c1-4-5-9-6-7-10(12-2)11(8-9)13-3/h4-8H,1-3H3. The summed E-state index contributed by atoms with van der Waals surface area (Å²) in [5, 5.41) is 0. The van der Waals surface area contributed by atoms with Crippen molar-refractivity contribution in [2.45, 2.75) is 16.7 Å². The van der Waals surface area contributed by atoms with Crippen LogP contribution >= 0.6 is 23.5 Å². The number of thioether (sulfide) groups is 2. The van der Waals surface area contributed by atoms with Crippen molar-refractivity contribution in [2.75, 3.05) is 12.5 Å². The summed E-state index contributed by atoms with van der Waals surface area (Å²) in [5.74, 6) is 0. The summed E-state index contributed by atoms with van der Waals surface area (Å²) >= 11 is 3.61. The molecule has 0 amide bonds. The van der Waals surface area contributed by atoms with Gasteiger partial charge in [-0.05, 0) is 37.1 Å². The molecule has 0 aliphatic carbocycles. The van der Waals surface area contributed by atoms with E-state index < -0.39 is 0 Å². The highest BCUT2D eigenvalue weighted by Crippen LogP contribution is 2.29. The van der Waals surface area contributed by atoms with E-state index in [9.17, 15) is 0 Å². The molecular weight excluding hydrogens is 196 g/mol. The van der Waals surface area contributed by atoms with Gasteiger partial charge in [0.2, 0.25) is 0 Å². The Kier molecular flexibility index (Phi) is 4.46. The number of hydrogen-bond acceptors (Lipinski definition) is 2. The number of benzene rings is 1. The summed E-state index contributed by atoms with van der Waals surface area (Å²) in [6.45, 7) is 2.04. The van der Waals surface area contributed by atoms with Gasteiger partial charge in [0.1, 0.15) is 0 Å². The van der Waals surface area contributed by atoms with E-state index in [0.717, 1.165) is 0 Å². The Balaban J connectivity index is 3.05. The predicted molar refractivity (Wildman–Crippen MR) is 64.7 cm³/mol. The average molecular weight is 210 g/mol. The Morgan fingerprint density at radius 2 is 1.77 bits per heavy atom. The fraction of sp³-hybridized carbons (Fsp3) is 0.273. The molecule has 0 bridgehead atoms. The zero-order valence-corrected chi connectivity index (χ0v) is 9.84. The highest BCUT2D eigenvalue weighted by molar-refractivity contribution is 8.01. The predicted octanol–water partition coefficient (Wildman–Crippen LogP) is 4.16. The highest BCUT2D eigenvalue weighted by atomic mass is 32.2. The first-order valence-corrected chi connectivity index (χ1v) is 6.61. The molecule has 0 saturated heterocycles. The normalized spacial score (nSPS) is 11.0. The van der Waals surface area contributed by atoms with Gasteiger partial charge in [0.05, 0.1) is 0 Å². The van der Waals surface area contributed by atoms with Crippen LogP contribution in [0.4, 0.5) is 0 Å². The minimum atomic E-state index is 1.28. The zero-order valence-electron chi connectivity index (χ0n) is 8.20. The van der Waals surface area contributed by atoms with E-state index in [4.69, 9.17) is 0 Å². The largest absolute Gasteiger partial charge is 0.128 e. The maximum absolute atomic E-state index is 2.23. The van der Waals surface area contributed by atoms with E-state index in [1.807, 2.05) is 6.92 Å². The molecule has 0 aliphatic rings.